The molecular weight excluding hydrogens is 400 g/mol. The first-order chi connectivity index (χ1) is 13.6. The third-order valence-electron chi connectivity index (χ3n) is 3.76. The van der Waals surface area contributed by atoms with Gasteiger partial charge in [-0.15, -0.1) is 10.2 Å². The fraction of sp³-hybridized carbons (Fsp3) is 0. The van der Waals surface area contributed by atoms with Crippen molar-refractivity contribution in [2.45, 2.75) is 10.3 Å². The SMILES string of the molecule is O=[N+]([O-])c1cnc(Sc2nnc(-c3ccccc3)n2-c2ccc(Cl)cc2)nc1. The number of aromatic nitrogens is 5. The first-order valence-corrected chi connectivity index (χ1v) is 9.22. The third kappa shape index (κ3) is 3.71. The van der Waals surface area contributed by atoms with Crippen molar-refractivity contribution in [1.29, 1.82) is 0 Å². The van der Waals surface area contributed by atoms with Gasteiger partial charge in [0.2, 0.25) is 5.16 Å². The lowest BCUT2D eigenvalue weighted by Crippen LogP contribution is -2.00. The van der Waals surface area contributed by atoms with E-state index in [-0.39, 0.29) is 5.69 Å². The van der Waals surface area contributed by atoms with E-state index >= 15 is 0 Å². The van der Waals surface area contributed by atoms with Crippen molar-refractivity contribution in [2.24, 2.45) is 0 Å². The van der Waals surface area contributed by atoms with Crippen LogP contribution < -0.4 is 0 Å². The summed E-state index contributed by atoms with van der Waals surface area (Å²) in [6.45, 7) is 0. The molecule has 4 aromatic rings. The fourth-order valence-electron chi connectivity index (χ4n) is 2.47. The van der Waals surface area contributed by atoms with E-state index in [2.05, 4.69) is 20.2 Å². The molecule has 2 heterocycles. The Labute approximate surface area is 168 Å². The highest BCUT2D eigenvalue weighted by molar-refractivity contribution is 7.99. The summed E-state index contributed by atoms with van der Waals surface area (Å²) >= 11 is 7.18. The van der Waals surface area contributed by atoms with Gasteiger partial charge < -0.3 is 0 Å². The van der Waals surface area contributed by atoms with Gasteiger partial charge in [0, 0.05) is 16.3 Å². The molecule has 0 amide bonds. The van der Waals surface area contributed by atoms with E-state index in [1.165, 1.54) is 0 Å². The van der Waals surface area contributed by atoms with Crippen LogP contribution in [0.5, 0.6) is 0 Å². The lowest BCUT2D eigenvalue weighted by Gasteiger charge is -2.10. The van der Waals surface area contributed by atoms with E-state index < -0.39 is 4.92 Å². The predicted octanol–water partition coefficient (Wildman–Crippen LogP) is 4.44. The van der Waals surface area contributed by atoms with Gasteiger partial charge in [-0.2, -0.15) is 0 Å². The van der Waals surface area contributed by atoms with Crippen LogP contribution in [0.25, 0.3) is 17.1 Å². The smallest absolute Gasteiger partial charge is 0.270 e. The second-order valence-electron chi connectivity index (χ2n) is 5.57. The van der Waals surface area contributed by atoms with Gasteiger partial charge in [0.15, 0.2) is 11.0 Å². The van der Waals surface area contributed by atoms with Crippen LogP contribution in [0.3, 0.4) is 0 Å². The Morgan fingerprint density at radius 2 is 1.64 bits per heavy atom. The summed E-state index contributed by atoms with van der Waals surface area (Å²) < 4.78 is 1.86. The van der Waals surface area contributed by atoms with E-state index in [4.69, 9.17) is 11.6 Å². The molecule has 0 saturated carbocycles. The molecule has 0 N–H and O–H groups in total. The summed E-state index contributed by atoms with van der Waals surface area (Å²) in [5.74, 6) is 0.646. The number of hydrogen-bond acceptors (Lipinski definition) is 7. The van der Waals surface area contributed by atoms with E-state index in [0.29, 0.717) is 21.2 Å². The number of rotatable bonds is 5. The molecular formula is C18H11ClN6O2S. The monoisotopic (exact) mass is 410 g/mol. The van der Waals surface area contributed by atoms with E-state index in [1.54, 1.807) is 12.1 Å². The Balaban J connectivity index is 1.77. The maximum atomic E-state index is 10.8. The van der Waals surface area contributed by atoms with Gasteiger partial charge >= 0.3 is 5.69 Å². The summed E-state index contributed by atoms with van der Waals surface area (Å²) in [5, 5.41) is 20.8. The number of halogens is 1. The maximum Gasteiger partial charge on any atom is 0.305 e. The zero-order chi connectivity index (χ0) is 19.5. The van der Waals surface area contributed by atoms with E-state index in [9.17, 15) is 10.1 Å². The lowest BCUT2D eigenvalue weighted by atomic mass is 10.2. The molecule has 0 spiro atoms. The molecule has 0 aliphatic carbocycles. The second-order valence-corrected chi connectivity index (χ2v) is 6.94. The van der Waals surface area contributed by atoms with Crippen LogP contribution in [0.4, 0.5) is 5.69 Å². The van der Waals surface area contributed by atoms with Gasteiger partial charge in [-0.3, -0.25) is 14.7 Å². The number of benzene rings is 2. The molecule has 0 aliphatic rings. The minimum Gasteiger partial charge on any atom is -0.270 e. The van der Waals surface area contributed by atoms with Crippen molar-refractivity contribution in [1.82, 2.24) is 24.7 Å². The predicted molar refractivity (Wildman–Crippen MR) is 105 cm³/mol. The van der Waals surface area contributed by atoms with Crippen molar-refractivity contribution in [2.75, 3.05) is 0 Å². The van der Waals surface area contributed by atoms with Crippen molar-refractivity contribution in [3.05, 3.63) is 82.1 Å². The molecule has 2 aromatic carbocycles. The van der Waals surface area contributed by atoms with Gasteiger partial charge in [0.25, 0.3) is 0 Å². The Morgan fingerprint density at radius 3 is 2.29 bits per heavy atom. The zero-order valence-corrected chi connectivity index (χ0v) is 15.7. The second kappa shape index (κ2) is 7.75. The van der Waals surface area contributed by atoms with E-state index in [0.717, 1.165) is 35.4 Å². The average Bonchev–Trinajstić information content (AvgIpc) is 3.13. The van der Waals surface area contributed by atoms with Crippen molar-refractivity contribution >= 4 is 29.1 Å². The Hall–Kier alpha value is -3.30. The highest BCUT2D eigenvalue weighted by Gasteiger charge is 2.18. The molecule has 0 bridgehead atoms. The molecule has 0 unspecified atom stereocenters. The topological polar surface area (TPSA) is 99.6 Å². The molecule has 28 heavy (non-hydrogen) atoms. The van der Waals surface area contributed by atoms with Gasteiger partial charge in [-0.1, -0.05) is 41.9 Å². The summed E-state index contributed by atoms with van der Waals surface area (Å²) in [4.78, 5) is 18.3. The third-order valence-corrected chi connectivity index (χ3v) is 4.85. The summed E-state index contributed by atoms with van der Waals surface area (Å²) in [6, 6.07) is 16.9. The highest BCUT2D eigenvalue weighted by Crippen LogP contribution is 2.31. The zero-order valence-electron chi connectivity index (χ0n) is 14.1. The molecule has 0 radical (unpaired) electrons. The van der Waals surface area contributed by atoms with Crippen molar-refractivity contribution in [3.8, 4) is 17.1 Å². The summed E-state index contributed by atoms with van der Waals surface area (Å²) in [7, 11) is 0. The van der Waals surface area contributed by atoms with Gasteiger partial charge in [0.1, 0.15) is 12.4 Å². The quantitative estimate of drug-likeness (QED) is 0.272. The van der Waals surface area contributed by atoms with Gasteiger partial charge in [-0.25, -0.2) is 9.97 Å². The number of nitro groups is 1. The molecule has 0 fully saturated rings. The molecule has 0 aliphatic heterocycles. The Kier molecular flexibility index (Phi) is 5.00. The van der Waals surface area contributed by atoms with Crippen molar-refractivity contribution in [3.63, 3.8) is 0 Å². The first kappa shape index (κ1) is 18.1. The molecule has 138 valence electrons. The number of hydrogen-bond donors (Lipinski definition) is 0. The van der Waals surface area contributed by atoms with Crippen LogP contribution in [0.1, 0.15) is 0 Å². The van der Waals surface area contributed by atoms with Gasteiger partial charge in [-0.05, 0) is 36.0 Å². The standard InChI is InChI=1S/C18H11ClN6O2S/c19-13-6-8-14(9-7-13)24-16(12-4-2-1-3-5-12)22-23-18(24)28-17-20-10-15(11-21-17)25(26)27/h1-11H. The molecule has 2 aromatic heterocycles. The van der Waals surface area contributed by atoms with Crippen LogP contribution in [0.2, 0.25) is 5.02 Å². The summed E-state index contributed by atoms with van der Waals surface area (Å²) in [5.41, 5.74) is 1.53. The van der Waals surface area contributed by atoms with E-state index in [1.807, 2.05) is 47.0 Å². The van der Waals surface area contributed by atoms with Gasteiger partial charge in [0.05, 0.1) is 4.92 Å². The van der Waals surface area contributed by atoms with Crippen LogP contribution in [0.15, 0.2) is 77.3 Å². The lowest BCUT2D eigenvalue weighted by molar-refractivity contribution is -0.385. The average molecular weight is 411 g/mol. The summed E-state index contributed by atoms with van der Waals surface area (Å²) in [6.07, 6.45) is 2.33. The van der Waals surface area contributed by atoms with Crippen LogP contribution in [0, 0.1) is 10.1 Å². The fourth-order valence-corrected chi connectivity index (χ4v) is 3.34. The molecule has 0 atom stereocenters. The highest BCUT2D eigenvalue weighted by atomic mass is 35.5. The van der Waals surface area contributed by atoms with Crippen LogP contribution >= 0.6 is 23.4 Å². The van der Waals surface area contributed by atoms with Crippen molar-refractivity contribution < 1.29 is 4.92 Å². The Bertz CT molecular complexity index is 1120. The minimum absolute atomic E-state index is 0.173. The maximum absolute atomic E-state index is 10.8. The van der Waals surface area contributed by atoms with Crippen LogP contribution in [-0.4, -0.2) is 29.7 Å². The first-order valence-electron chi connectivity index (χ1n) is 8.03. The molecule has 4 rings (SSSR count). The largest absolute Gasteiger partial charge is 0.305 e. The normalized spacial score (nSPS) is 10.8. The van der Waals surface area contributed by atoms with Crippen LogP contribution in [-0.2, 0) is 0 Å². The molecule has 0 saturated heterocycles. The molecule has 10 heteroatoms. The Morgan fingerprint density at radius 1 is 0.964 bits per heavy atom. The number of nitrogens with zero attached hydrogens (tertiary/aromatic N) is 6. The minimum atomic E-state index is -0.543. The molecule has 8 nitrogen and oxygen atoms in total.